The third kappa shape index (κ3) is 15.4. The second kappa shape index (κ2) is 20.8. The van der Waals surface area contributed by atoms with Crippen molar-refractivity contribution in [3.8, 4) is 0 Å². The monoisotopic (exact) mass is 903 g/mol. The molecule has 1 aromatic carbocycles. The van der Waals surface area contributed by atoms with Crippen LogP contribution >= 0.6 is 67.8 Å². The number of carbonyl (C=O) groups is 6. The van der Waals surface area contributed by atoms with Crippen molar-refractivity contribution in [1.29, 1.82) is 0 Å². The lowest BCUT2D eigenvalue weighted by atomic mass is 10.1. The molecule has 0 heterocycles. The van der Waals surface area contributed by atoms with Crippen LogP contribution in [-0.2, 0) is 14.4 Å². The molecule has 222 valence electrons. The maximum atomic E-state index is 11.1. The molecule has 39 heavy (non-hydrogen) atoms. The van der Waals surface area contributed by atoms with Gasteiger partial charge in [-0.15, -0.1) is 0 Å². The molecule has 3 unspecified atom stereocenters. The molecule has 15 N–H and O–H groups in total. The number of hydrogen-bond donors (Lipinski definition) is 12. The maximum absolute atomic E-state index is 11.1. The number of primary amides is 3. The number of carbonyl (C=O) groups excluding carboxylic acids is 3. The van der Waals surface area contributed by atoms with Crippen LogP contribution < -0.4 is 17.2 Å². The number of carboxylic acid groups (broad SMARTS) is 3. The lowest BCUT2D eigenvalue weighted by molar-refractivity contribution is -0.128. The van der Waals surface area contributed by atoms with Crippen LogP contribution in [0, 0.1) is 10.7 Å². The van der Waals surface area contributed by atoms with Crippen molar-refractivity contribution in [2.75, 3.05) is 19.8 Å². The van der Waals surface area contributed by atoms with Crippen LogP contribution in [0.2, 0.25) is 0 Å². The Morgan fingerprint density at radius 1 is 0.513 bits per heavy atom. The summed E-state index contributed by atoms with van der Waals surface area (Å²) in [4.78, 5) is 62.5. The molecule has 21 heteroatoms. The van der Waals surface area contributed by atoms with E-state index in [0.29, 0.717) is 0 Å². The SMILES string of the molecule is NC(=O)C(O)CO.NC(=O)C(O)CO.NC(=O)C(O)CO.O=C(O)c1c(I)c(C(=O)O)c(I)c(C(=O)O)c1I. The Kier molecular flexibility index (Phi) is 22.2. The Morgan fingerprint density at radius 3 is 0.718 bits per heavy atom. The first-order chi connectivity index (χ1) is 17.7. The van der Waals surface area contributed by atoms with E-state index in [1.165, 1.54) is 0 Å². The molecule has 0 aliphatic rings. The smallest absolute Gasteiger partial charge is 0.337 e. The van der Waals surface area contributed by atoms with Gasteiger partial charge in [0.2, 0.25) is 17.7 Å². The van der Waals surface area contributed by atoms with E-state index in [9.17, 15) is 28.8 Å². The predicted octanol–water partition coefficient (Wildman–Crippen LogP) is -3.93. The summed E-state index contributed by atoms with van der Waals surface area (Å²) < 4.78 is 0.0594. The number of rotatable bonds is 9. The molecule has 0 spiro atoms. The highest BCUT2D eigenvalue weighted by molar-refractivity contribution is 14.1. The molecule has 0 saturated heterocycles. The van der Waals surface area contributed by atoms with Crippen molar-refractivity contribution >= 4 is 103 Å². The third-order valence-electron chi connectivity index (χ3n) is 3.46. The second-order valence-corrected chi connectivity index (χ2v) is 9.52. The summed E-state index contributed by atoms with van der Waals surface area (Å²) in [5, 5.41) is 75.7. The molecule has 0 aliphatic heterocycles. The Morgan fingerprint density at radius 2 is 0.667 bits per heavy atom. The van der Waals surface area contributed by atoms with Gasteiger partial charge in [-0.25, -0.2) is 14.4 Å². The number of aromatic carboxylic acids is 3. The van der Waals surface area contributed by atoms with Gasteiger partial charge in [0.05, 0.1) is 36.5 Å². The quantitative estimate of drug-likeness (QED) is 0.105. The van der Waals surface area contributed by atoms with E-state index in [1.807, 2.05) is 0 Å². The topological polar surface area (TPSA) is 363 Å². The number of aliphatic hydroxyl groups is 6. The first kappa shape index (κ1) is 41.5. The first-order valence-electron chi connectivity index (χ1n) is 9.39. The minimum Gasteiger partial charge on any atom is -0.478 e. The molecule has 1 aromatic rings. The van der Waals surface area contributed by atoms with Crippen LogP contribution in [0.25, 0.3) is 0 Å². The van der Waals surface area contributed by atoms with Crippen molar-refractivity contribution in [2.24, 2.45) is 17.2 Å². The van der Waals surface area contributed by atoms with Gasteiger partial charge in [0.15, 0.2) is 18.3 Å². The van der Waals surface area contributed by atoms with Crippen LogP contribution in [0.15, 0.2) is 0 Å². The first-order valence-corrected chi connectivity index (χ1v) is 12.6. The van der Waals surface area contributed by atoms with E-state index in [-0.39, 0.29) is 27.4 Å². The largest absolute Gasteiger partial charge is 0.478 e. The number of carboxylic acids is 3. The van der Waals surface area contributed by atoms with Gasteiger partial charge in [0, 0.05) is 10.7 Å². The Bertz CT molecular complexity index is 905. The molecule has 3 atom stereocenters. The summed E-state index contributed by atoms with van der Waals surface area (Å²) in [5.41, 5.74) is 12.6. The average Bonchev–Trinajstić information content (AvgIpc) is 2.82. The van der Waals surface area contributed by atoms with Gasteiger partial charge in [-0.1, -0.05) is 0 Å². The fraction of sp³-hybridized carbons (Fsp3) is 0.333. The van der Waals surface area contributed by atoms with Gasteiger partial charge in [0.1, 0.15) is 0 Å². The summed E-state index contributed by atoms with van der Waals surface area (Å²) in [5.74, 6) is -6.77. The zero-order valence-electron chi connectivity index (χ0n) is 19.2. The van der Waals surface area contributed by atoms with Crippen LogP contribution in [0.5, 0.6) is 0 Å². The van der Waals surface area contributed by atoms with E-state index >= 15 is 0 Å². The molecule has 0 saturated carbocycles. The van der Waals surface area contributed by atoms with Gasteiger partial charge in [0.25, 0.3) is 0 Å². The fourth-order valence-electron chi connectivity index (χ4n) is 1.50. The Labute approximate surface area is 259 Å². The van der Waals surface area contributed by atoms with E-state index in [1.54, 1.807) is 67.8 Å². The fourth-order valence-corrected chi connectivity index (χ4v) is 6.05. The third-order valence-corrected chi connectivity index (χ3v) is 6.70. The van der Waals surface area contributed by atoms with Crippen LogP contribution in [0.4, 0.5) is 0 Å². The molecule has 0 bridgehead atoms. The summed E-state index contributed by atoms with van der Waals surface area (Å²) in [7, 11) is 0. The molecule has 0 fully saturated rings. The molecule has 0 aromatic heterocycles. The lowest BCUT2D eigenvalue weighted by Gasteiger charge is -2.12. The predicted molar refractivity (Wildman–Crippen MR) is 152 cm³/mol. The van der Waals surface area contributed by atoms with Crippen molar-refractivity contribution in [1.82, 2.24) is 0 Å². The standard InChI is InChI=1S/C9H3I3O6.3C3H7NO3/c10-4-1(7(13)14)5(11)3(9(17)18)6(12)2(4)8(15)16;3*4-3(7)2(6)1-5/h(H,13,14)(H,15,16)(H,17,18);3*2,5-6H,1H2,(H2,4,7). The van der Waals surface area contributed by atoms with Gasteiger partial charge in [-0.3, -0.25) is 14.4 Å². The summed E-state index contributed by atoms with van der Waals surface area (Å²) in [6.07, 6.45) is -4.21. The van der Waals surface area contributed by atoms with Crippen molar-refractivity contribution in [3.63, 3.8) is 0 Å². The number of aliphatic hydroxyl groups excluding tert-OH is 6. The minimum absolute atomic E-state index is 0.0198. The Balaban J connectivity index is -0.000000511. The molecular weight excluding hydrogens is 879 g/mol. The van der Waals surface area contributed by atoms with Gasteiger partial charge < -0.3 is 63.2 Å². The highest BCUT2D eigenvalue weighted by atomic mass is 127. The summed E-state index contributed by atoms with van der Waals surface area (Å²) in [6.45, 7) is -1.81. The zero-order valence-corrected chi connectivity index (χ0v) is 25.7. The molecule has 3 amide bonds. The lowest BCUT2D eigenvalue weighted by Crippen LogP contribution is -2.30. The molecule has 1 rings (SSSR count). The number of hydrogen-bond acceptors (Lipinski definition) is 12. The number of benzene rings is 1. The van der Waals surface area contributed by atoms with Gasteiger partial charge >= 0.3 is 17.9 Å². The Hall–Kier alpha value is -2.01. The molecule has 18 nitrogen and oxygen atoms in total. The van der Waals surface area contributed by atoms with E-state index in [0.717, 1.165) is 0 Å². The molecule has 0 aliphatic carbocycles. The van der Waals surface area contributed by atoms with Crippen molar-refractivity contribution in [2.45, 2.75) is 18.3 Å². The summed E-state index contributed by atoms with van der Waals surface area (Å²) >= 11 is 4.80. The minimum atomic E-state index is -1.40. The van der Waals surface area contributed by atoms with E-state index in [4.69, 9.17) is 46.0 Å². The number of nitrogens with two attached hydrogens (primary N) is 3. The van der Waals surface area contributed by atoms with Gasteiger partial charge in [-0.05, 0) is 67.8 Å². The highest BCUT2D eigenvalue weighted by Crippen LogP contribution is 2.32. The molecular formula is C18H24I3N3O15. The zero-order chi connectivity index (χ0) is 31.8. The van der Waals surface area contributed by atoms with E-state index in [2.05, 4.69) is 17.2 Å². The number of halogens is 3. The van der Waals surface area contributed by atoms with Crippen molar-refractivity contribution in [3.05, 3.63) is 27.4 Å². The van der Waals surface area contributed by atoms with Crippen molar-refractivity contribution < 1.29 is 74.7 Å². The van der Waals surface area contributed by atoms with Crippen LogP contribution in [0.1, 0.15) is 31.1 Å². The van der Waals surface area contributed by atoms with E-state index < -0.39 is 73.8 Å². The van der Waals surface area contributed by atoms with Crippen LogP contribution in [-0.4, -0.2) is 120 Å². The van der Waals surface area contributed by atoms with Crippen LogP contribution in [0.3, 0.4) is 0 Å². The average molecular weight is 903 g/mol. The highest BCUT2D eigenvalue weighted by Gasteiger charge is 2.29. The normalized spacial score (nSPS) is 11.9. The maximum Gasteiger partial charge on any atom is 0.337 e. The molecule has 0 radical (unpaired) electrons. The summed E-state index contributed by atoms with van der Waals surface area (Å²) in [6, 6.07) is 0. The number of amides is 3. The van der Waals surface area contributed by atoms with Gasteiger partial charge in [-0.2, -0.15) is 0 Å². The second-order valence-electron chi connectivity index (χ2n) is 6.28.